The molecule has 4 rings (SSSR count). The van der Waals surface area contributed by atoms with Gasteiger partial charge in [-0.2, -0.15) is 0 Å². The Morgan fingerprint density at radius 1 is 1.19 bits per heavy atom. The van der Waals surface area contributed by atoms with E-state index in [0.717, 1.165) is 109 Å². The van der Waals surface area contributed by atoms with Gasteiger partial charge in [0.25, 0.3) is 0 Å². The van der Waals surface area contributed by atoms with Crippen LogP contribution in [0.15, 0.2) is 23.2 Å². The average molecular weight is 502 g/mol. The fourth-order valence-electron chi connectivity index (χ4n) is 6.40. The number of carbonyl (C=O) groups is 2. The number of allylic oxidation sites excluding steroid dienone is 3. The minimum Gasteiger partial charge on any atom is -0.497 e. The van der Waals surface area contributed by atoms with Crippen LogP contribution in [0.5, 0.6) is 0 Å². The number of ether oxygens (including phenoxy) is 2. The monoisotopic (exact) mass is 501 g/mol. The molecule has 0 N–H and O–H groups in total. The molecule has 0 aromatic rings. The van der Waals surface area contributed by atoms with Crippen LogP contribution >= 0.6 is 0 Å². The Bertz CT molecular complexity index is 830. The molecule has 7 heteroatoms. The fraction of sp³-hybridized carbons (Fsp3) is 0.793. The minimum absolute atomic E-state index is 0.269. The van der Waals surface area contributed by atoms with Gasteiger partial charge < -0.3 is 19.3 Å². The summed E-state index contributed by atoms with van der Waals surface area (Å²) >= 11 is 0. The van der Waals surface area contributed by atoms with Crippen LogP contribution in [0.2, 0.25) is 0 Å². The molecule has 0 aromatic carbocycles. The summed E-state index contributed by atoms with van der Waals surface area (Å²) in [6.07, 6.45) is 12.3. The number of methoxy groups -OCH3 is 1. The second-order valence-corrected chi connectivity index (χ2v) is 11.1. The highest BCUT2D eigenvalue weighted by atomic mass is 16.5. The van der Waals surface area contributed by atoms with Gasteiger partial charge in [-0.1, -0.05) is 32.8 Å². The van der Waals surface area contributed by atoms with E-state index in [2.05, 4.69) is 29.7 Å². The van der Waals surface area contributed by atoms with Crippen LogP contribution in [0.25, 0.3) is 0 Å². The van der Waals surface area contributed by atoms with Crippen molar-refractivity contribution in [2.45, 2.75) is 84.1 Å². The summed E-state index contributed by atoms with van der Waals surface area (Å²) in [5.41, 5.74) is 1.29. The van der Waals surface area contributed by atoms with Gasteiger partial charge in [-0.3, -0.25) is 14.5 Å². The summed E-state index contributed by atoms with van der Waals surface area (Å²) in [7, 11) is 1.75. The first-order chi connectivity index (χ1) is 17.5. The zero-order chi connectivity index (χ0) is 25.5. The number of amides is 2. The summed E-state index contributed by atoms with van der Waals surface area (Å²) in [6.45, 7) is 9.95. The van der Waals surface area contributed by atoms with Crippen molar-refractivity contribution in [2.75, 3.05) is 53.0 Å². The van der Waals surface area contributed by atoms with Gasteiger partial charge in [-0.05, 0) is 49.5 Å². The van der Waals surface area contributed by atoms with Gasteiger partial charge in [0.15, 0.2) is 5.76 Å². The predicted molar refractivity (Wildman–Crippen MR) is 141 cm³/mol. The average Bonchev–Trinajstić information content (AvgIpc) is 3.62. The van der Waals surface area contributed by atoms with Gasteiger partial charge in [-0.15, -0.1) is 0 Å². The van der Waals surface area contributed by atoms with Crippen molar-refractivity contribution in [1.29, 1.82) is 0 Å². The maximum Gasteiger partial charge on any atom is 0.236 e. The lowest BCUT2D eigenvalue weighted by atomic mass is 9.81. The number of nitrogens with zero attached hydrogens (tertiary/aromatic N) is 3. The molecular formula is C29H47N3O4. The molecule has 0 saturated carbocycles. The Morgan fingerprint density at radius 2 is 1.97 bits per heavy atom. The third kappa shape index (κ3) is 6.45. The van der Waals surface area contributed by atoms with Crippen molar-refractivity contribution in [3.05, 3.63) is 23.2 Å². The van der Waals surface area contributed by atoms with E-state index < -0.39 is 0 Å². The summed E-state index contributed by atoms with van der Waals surface area (Å²) in [4.78, 5) is 32.3. The highest BCUT2D eigenvalue weighted by molar-refractivity contribution is 5.78. The Morgan fingerprint density at radius 3 is 2.64 bits per heavy atom. The first-order valence-electron chi connectivity index (χ1n) is 14.4. The normalized spacial score (nSPS) is 26.3. The van der Waals surface area contributed by atoms with Crippen LogP contribution < -0.4 is 0 Å². The second kappa shape index (κ2) is 13.0. The smallest absolute Gasteiger partial charge is 0.236 e. The molecule has 7 nitrogen and oxygen atoms in total. The zero-order valence-corrected chi connectivity index (χ0v) is 22.8. The van der Waals surface area contributed by atoms with Gasteiger partial charge in [0, 0.05) is 58.0 Å². The quantitative estimate of drug-likeness (QED) is 0.376. The van der Waals surface area contributed by atoms with E-state index in [9.17, 15) is 9.59 Å². The molecule has 3 saturated heterocycles. The molecule has 202 valence electrons. The molecule has 0 spiro atoms. The molecule has 3 aliphatic heterocycles. The van der Waals surface area contributed by atoms with Crippen LogP contribution in [0, 0.1) is 11.8 Å². The highest BCUT2D eigenvalue weighted by Gasteiger charge is 2.40. The molecule has 1 aliphatic carbocycles. The van der Waals surface area contributed by atoms with E-state index in [1.807, 2.05) is 4.90 Å². The third-order valence-electron chi connectivity index (χ3n) is 8.57. The van der Waals surface area contributed by atoms with Crippen molar-refractivity contribution >= 4 is 11.8 Å². The molecule has 3 heterocycles. The van der Waals surface area contributed by atoms with Gasteiger partial charge in [0.1, 0.15) is 5.76 Å². The van der Waals surface area contributed by atoms with E-state index in [0.29, 0.717) is 30.8 Å². The van der Waals surface area contributed by atoms with Crippen LogP contribution in [0.4, 0.5) is 0 Å². The van der Waals surface area contributed by atoms with Crippen molar-refractivity contribution in [2.24, 2.45) is 11.8 Å². The van der Waals surface area contributed by atoms with Crippen LogP contribution in [0.1, 0.15) is 78.1 Å². The molecule has 0 radical (unpaired) electrons. The second-order valence-electron chi connectivity index (χ2n) is 11.1. The minimum atomic E-state index is 0.269. The number of likely N-dealkylation sites (tertiary alicyclic amines) is 2. The number of hydrogen-bond donors (Lipinski definition) is 0. The van der Waals surface area contributed by atoms with Crippen LogP contribution in [0.3, 0.4) is 0 Å². The molecule has 0 aromatic heterocycles. The maximum absolute atomic E-state index is 13.5. The van der Waals surface area contributed by atoms with Crippen molar-refractivity contribution in [3.63, 3.8) is 0 Å². The van der Waals surface area contributed by atoms with E-state index in [1.165, 1.54) is 5.57 Å². The van der Waals surface area contributed by atoms with Crippen LogP contribution in [-0.4, -0.2) is 85.5 Å². The van der Waals surface area contributed by atoms with Crippen molar-refractivity contribution in [1.82, 2.24) is 14.7 Å². The molecule has 36 heavy (non-hydrogen) atoms. The Balaban J connectivity index is 1.44. The van der Waals surface area contributed by atoms with E-state index in [4.69, 9.17) is 9.47 Å². The molecule has 3 atom stereocenters. The lowest BCUT2D eigenvalue weighted by Gasteiger charge is -2.29. The molecule has 0 unspecified atom stereocenters. The number of hydrogen-bond acceptors (Lipinski definition) is 5. The fourth-order valence-corrected chi connectivity index (χ4v) is 6.40. The molecule has 4 aliphatic rings. The van der Waals surface area contributed by atoms with Crippen molar-refractivity contribution in [3.8, 4) is 0 Å². The number of fused-ring (bicyclic) bond motifs is 1. The standard InChI is InChI=1S/C29H47N3O4/c1-4-6-12-30(13-7-5-2)28(34)21-32-20-24(18-25(32)10-15-31-14-8-9-27(31)33)23-17-22-11-16-36-29(22)26(19-23)35-3/h17,23-25H,4-16,18-21H2,1-3H3/t23-,24+,25-/m0/s1. The number of rotatable bonds is 13. The van der Waals surface area contributed by atoms with Gasteiger partial charge >= 0.3 is 0 Å². The first-order valence-corrected chi connectivity index (χ1v) is 14.4. The summed E-state index contributed by atoms with van der Waals surface area (Å²) < 4.78 is 11.6. The number of carbonyl (C=O) groups excluding carboxylic acids is 2. The van der Waals surface area contributed by atoms with Gasteiger partial charge in [-0.25, -0.2) is 0 Å². The lowest BCUT2D eigenvalue weighted by Crippen LogP contribution is -2.44. The maximum atomic E-state index is 13.5. The third-order valence-corrected chi connectivity index (χ3v) is 8.57. The van der Waals surface area contributed by atoms with E-state index in [-0.39, 0.29) is 11.8 Å². The highest BCUT2D eigenvalue weighted by Crippen LogP contribution is 2.42. The summed E-state index contributed by atoms with van der Waals surface area (Å²) in [5, 5.41) is 0. The Labute approximate surface area is 217 Å². The van der Waals surface area contributed by atoms with Gasteiger partial charge in [0.05, 0.1) is 20.3 Å². The largest absolute Gasteiger partial charge is 0.497 e. The van der Waals surface area contributed by atoms with Gasteiger partial charge in [0.2, 0.25) is 11.8 Å². The molecule has 3 fully saturated rings. The Kier molecular flexibility index (Phi) is 9.74. The first kappa shape index (κ1) is 27.0. The molecule has 2 amide bonds. The molecule has 0 bridgehead atoms. The SMILES string of the molecule is CCCCN(CCCC)C(=O)CN1C[C@H]([C@H]2C=C3CCOC3=C(OC)C2)C[C@@H]1CCN1CCCC1=O. The van der Waals surface area contributed by atoms with Crippen LogP contribution in [-0.2, 0) is 19.1 Å². The zero-order valence-electron chi connectivity index (χ0n) is 22.8. The lowest BCUT2D eigenvalue weighted by molar-refractivity contribution is -0.133. The molecular weight excluding hydrogens is 454 g/mol. The van der Waals surface area contributed by atoms with E-state index in [1.54, 1.807) is 7.11 Å². The summed E-state index contributed by atoms with van der Waals surface area (Å²) in [5.74, 6) is 3.40. The topological polar surface area (TPSA) is 62.3 Å². The predicted octanol–water partition coefficient (Wildman–Crippen LogP) is 4.34. The van der Waals surface area contributed by atoms with E-state index >= 15 is 0 Å². The Hall–Kier alpha value is -2.02. The summed E-state index contributed by atoms with van der Waals surface area (Å²) in [6, 6.07) is 0.334. The van der Waals surface area contributed by atoms with Crippen molar-refractivity contribution < 1.29 is 19.1 Å². The number of unbranched alkanes of at least 4 members (excludes halogenated alkanes) is 2.